The lowest BCUT2D eigenvalue weighted by molar-refractivity contribution is -0.118. The van der Waals surface area contributed by atoms with Gasteiger partial charge < -0.3 is 14.8 Å². The van der Waals surface area contributed by atoms with Gasteiger partial charge in [0.05, 0.1) is 0 Å². The summed E-state index contributed by atoms with van der Waals surface area (Å²) in [7, 11) is 0. The highest BCUT2D eigenvalue weighted by Crippen LogP contribution is 2.46. The fourth-order valence-electron chi connectivity index (χ4n) is 3.94. The predicted octanol–water partition coefficient (Wildman–Crippen LogP) is 2.66. The van der Waals surface area contributed by atoms with Crippen molar-refractivity contribution >= 4 is 11.7 Å². The molecule has 0 unspecified atom stereocenters. The quantitative estimate of drug-likeness (QED) is 0.861. The van der Waals surface area contributed by atoms with Gasteiger partial charge in [-0.15, -0.1) is 0 Å². The second-order valence-corrected chi connectivity index (χ2v) is 7.50. The number of aromatic nitrogens is 3. The number of carbonyl (C=O) groups is 1. The van der Waals surface area contributed by atoms with E-state index in [1.807, 2.05) is 18.2 Å². The van der Waals surface area contributed by atoms with Gasteiger partial charge >= 0.3 is 0 Å². The van der Waals surface area contributed by atoms with Crippen molar-refractivity contribution in [3.63, 3.8) is 0 Å². The molecule has 0 saturated heterocycles. The largest absolute Gasteiger partial charge is 0.454 e. The highest BCUT2D eigenvalue weighted by atomic mass is 16.7. The number of fused-ring (bicyclic) bond motifs is 2. The van der Waals surface area contributed by atoms with Crippen LogP contribution in [0.5, 0.6) is 11.5 Å². The number of hydrogen-bond donors (Lipinski definition) is 1. The van der Waals surface area contributed by atoms with E-state index in [0.29, 0.717) is 18.1 Å². The minimum absolute atomic E-state index is 0.0649. The summed E-state index contributed by atoms with van der Waals surface area (Å²) in [5, 5.41) is 7.66. The molecule has 1 aromatic carbocycles. The molecule has 0 amide bonds. The normalized spacial score (nSPS) is 23.1. The summed E-state index contributed by atoms with van der Waals surface area (Å²) in [6, 6.07) is 5.48. The van der Waals surface area contributed by atoms with Crippen LogP contribution in [0.15, 0.2) is 35.8 Å². The van der Waals surface area contributed by atoms with Crippen LogP contribution in [0.1, 0.15) is 38.3 Å². The van der Waals surface area contributed by atoms with E-state index in [-0.39, 0.29) is 24.0 Å². The van der Waals surface area contributed by atoms with Crippen LogP contribution in [-0.2, 0) is 4.79 Å². The number of nitrogens with zero attached hydrogens (tertiary/aromatic N) is 3. The third-order valence-corrected chi connectivity index (χ3v) is 4.99. The van der Waals surface area contributed by atoms with E-state index in [9.17, 15) is 4.79 Å². The molecular formula is C18H18N4O3. The summed E-state index contributed by atoms with van der Waals surface area (Å²) in [5.74, 6) is 2.24. The SMILES string of the molecule is CC1(C)CC(=O)C2=C(C1)Nc1ncnn1[C@H]2c1ccc2c(c1)OCO2. The van der Waals surface area contributed by atoms with Crippen molar-refractivity contribution in [2.24, 2.45) is 5.41 Å². The summed E-state index contributed by atoms with van der Waals surface area (Å²) in [5.41, 5.74) is 2.60. The number of benzene rings is 1. The molecule has 0 saturated carbocycles. The first kappa shape index (κ1) is 14.5. The fourth-order valence-corrected chi connectivity index (χ4v) is 3.94. The van der Waals surface area contributed by atoms with Gasteiger partial charge in [-0.3, -0.25) is 4.79 Å². The molecule has 3 heterocycles. The van der Waals surface area contributed by atoms with Gasteiger partial charge in [0.25, 0.3) is 0 Å². The Labute approximate surface area is 144 Å². The minimum atomic E-state index is -0.299. The lowest BCUT2D eigenvalue weighted by Crippen LogP contribution is -2.36. The maximum atomic E-state index is 13.0. The molecule has 7 nitrogen and oxygen atoms in total. The van der Waals surface area contributed by atoms with Gasteiger partial charge in [-0.2, -0.15) is 10.1 Å². The van der Waals surface area contributed by atoms with Gasteiger partial charge in [-0.25, -0.2) is 4.68 Å². The van der Waals surface area contributed by atoms with Crippen molar-refractivity contribution in [2.45, 2.75) is 32.7 Å². The molecule has 25 heavy (non-hydrogen) atoms. The number of ether oxygens (including phenoxy) is 2. The molecule has 7 heteroatoms. The first-order valence-corrected chi connectivity index (χ1v) is 8.34. The zero-order valence-corrected chi connectivity index (χ0v) is 14.1. The van der Waals surface area contributed by atoms with Crippen molar-refractivity contribution in [1.82, 2.24) is 14.8 Å². The Morgan fingerprint density at radius 2 is 2.08 bits per heavy atom. The highest BCUT2D eigenvalue weighted by molar-refractivity contribution is 6.00. The number of anilines is 1. The van der Waals surface area contributed by atoms with Crippen LogP contribution >= 0.6 is 0 Å². The van der Waals surface area contributed by atoms with Crippen molar-refractivity contribution in [3.05, 3.63) is 41.4 Å². The Balaban J connectivity index is 1.68. The van der Waals surface area contributed by atoms with Crippen LogP contribution in [0.2, 0.25) is 0 Å². The van der Waals surface area contributed by atoms with Gasteiger partial charge in [0, 0.05) is 17.7 Å². The smallest absolute Gasteiger partial charge is 0.231 e. The number of rotatable bonds is 1. The maximum absolute atomic E-state index is 13.0. The Kier molecular flexibility index (Phi) is 2.81. The van der Waals surface area contributed by atoms with Crippen molar-refractivity contribution in [1.29, 1.82) is 0 Å². The molecule has 1 N–H and O–H groups in total. The summed E-state index contributed by atoms with van der Waals surface area (Å²) in [6.07, 6.45) is 2.84. The van der Waals surface area contributed by atoms with E-state index in [2.05, 4.69) is 29.2 Å². The summed E-state index contributed by atoms with van der Waals surface area (Å²) >= 11 is 0. The number of allylic oxidation sites excluding steroid dienone is 2. The molecule has 1 aromatic heterocycles. The Morgan fingerprint density at radius 1 is 1.24 bits per heavy atom. The van der Waals surface area contributed by atoms with Crippen LogP contribution < -0.4 is 14.8 Å². The highest BCUT2D eigenvalue weighted by Gasteiger charge is 2.41. The van der Waals surface area contributed by atoms with Crippen LogP contribution in [0.25, 0.3) is 0 Å². The summed E-state index contributed by atoms with van der Waals surface area (Å²) in [4.78, 5) is 17.3. The number of carbonyl (C=O) groups excluding carboxylic acids is 1. The van der Waals surface area contributed by atoms with E-state index < -0.39 is 0 Å². The van der Waals surface area contributed by atoms with E-state index in [1.165, 1.54) is 6.33 Å². The van der Waals surface area contributed by atoms with Crippen LogP contribution in [0.3, 0.4) is 0 Å². The van der Waals surface area contributed by atoms with Crippen LogP contribution in [0, 0.1) is 5.41 Å². The van der Waals surface area contributed by atoms with Gasteiger partial charge in [0.15, 0.2) is 17.3 Å². The lowest BCUT2D eigenvalue weighted by Gasteiger charge is -2.38. The number of Topliss-reactive ketones (excluding diaryl/α,β-unsaturated/α-hetero) is 1. The van der Waals surface area contributed by atoms with Gasteiger partial charge in [-0.05, 0) is 29.5 Å². The first-order chi connectivity index (χ1) is 12.0. The monoisotopic (exact) mass is 338 g/mol. The molecule has 0 bridgehead atoms. The topological polar surface area (TPSA) is 78.3 Å². The predicted molar refractivity (Wildman–Crippen MR) is 89.4 cm³/mol. The van der Waals surface area contributed by atoms with Gasteiger partial charge in [0.2, 0.25) is 12.7 Å². The Hall–Kier alpha value is -2.83. The summed E-state index contributed by atoms with van der Waals surface area (Å²) in [6.45, 7) is 4.46. The number of hydrogen-bond acceptors (Lipinski definition) is 6. The zero-order valence-electron chi connectivity index (χ0n) is 14.1. The maximum Gasteiger partial charge on any atom is 0.231 e. The molecule has 0 fully saturated rings. The van der Waals surface area contributed by atoms with Crippen molar-refractivity contribution in [3.8, 4) is 11.5 Å². The van der Waals surface area contributed by atoms with E-state index in [1.54, 1.807) is 4.68 Å². The van der Waals surface area contributed by atoms with Crippen LogP contribution in [-0.4, -0.2) is 27.3 Å². The molecule has 2 aromatic rings. The molecule has 3 aliphatic rings. The zero-order chi connectivity index (χ0) is 17.2. The average molecular weight is 338 g/mol. The fraction of sp³-hybridized carbons (Fsp3) is 0.389. The van der Waals surface area contributed by atoms with E-state index in [4.69, 9.17) is 9.47 Å². The molecule has 0 spiro atoms. The molecular weight excluding hydrogens is 320 g/mol. The third-order valence-electron chi connectivity index (χ3n) is 4.99. The summed E-state index contributed by atoms with van der Waals surface area (Å²) < 4.78 is 12.7. The van der Waals surface area contributed by atoms with Gasteiger partial charge in [-0.1, -0.05) is 19.9 Å². The van der Waals surface area contributed by atoms with E-state index >= 15 is 0 Å². The second kappa shape index (κ2) is 4.84. The standard InChI is InChI=1S/C18H18N4O3/c1-18(2)6-11-15(12(23)7-18)16(22-17(21-11)19-8-20-22)10-3-4-13-14(5-10)25-9-24-13/h3-5,8,16H,6-7,9H2,1-2H3,(H,19,20,21)/t16-/m0/s1. The molecule has 0 radical (unpaired) electrons. The molecule has 128 valence electrons. The number of ketones is 1. The second-order valence-electron chi connectivity index (χ2n) is 7.50. The molecule has 1 atom stereocenters. The average Bonchev–Trinajstić information content (AvgIpc) is 3.19. The van der Waals surface area contributed by atoms with Crippen molar-refractivity contribution in [2.75, 3.05) is 12.1 Å². The van der Waals surface area contributed by atoms with E-state index in [0.717, 1.165) is 29.0 Å². The Morgan fingerprint density at radius 3 is 2.96 bits per heavy atom. The minimum Gasteiger partial charge on any atom is -0.454 e. The van der Waals surface area contributed by atoms with Crippen molar-refractivity contribution < 1.29 is 14.3 Å². The van der Waals surface area contributed by atoms with Gasteiger partial charge in [0.1, 0.15) is 12.4 Å². The molecule has 1 aliphatic carbocycles. The number of nitrogens with one attached hydrogen (secondary N) is 1. The first-order valence-electron chi connectivity index (χ1n) is 8.34. The van der Waals surface area contributed by atoms with Crippen LogP contribution in [0.4, 0.5) is 5.95 Å². The molecule has 5 rings (SSSR count). The Bertz CT molecular complexity index is 928. The third kappa shape index (κ3) is 2.15. The molecule has 2 aliphatic heterocycles. The lowest BCUT2D eigenvalue weighted by atomic mass is 9.73.